The van der Waals surface area contributed by atoms with Gasteiger partial charge in [0.1, 0.15) is 12.0 Å². The molecule has 2 heterocycles. The number of anilines is 1. The van der Waals surface area contributed by atoms with Crippen LogP contribution in [0.15, 0.2) is 18.3 Å². The van der Waals surface area contributed by atoms with E-state index in [-0.39, 0.29) is 5.69 Å². The average Bonchev–Trinajstić information content (AvgIpc) is 2.83. The van der Waals surface area contributed by atoms with Gasteiger partial charge in [-0.2, -0.15) is 0 Å². The molecule has 1 aromatic rings. The van der Waals surface area contributed by atoms with Crippen molar-refractivity contribution < 1.29 is 4.92 Å². The van der Waals surface area contributed by atoms with Crippen molar-refractivity contribution in [2.75, 3.05) is 18.4 Å². The number of hydrogen-bond acceptors (Lipinski definition) is 5. The van der Waals surface area contributed by atoms with E-state index in [1.807, 2.05) is 0 Å². The summed E-state index contributed by atoms with van der Waals surface area (Å²) in [6.07, 6.45) is 4.81. The molecule has 0 amide bonds. The van der Waals surface area contributed by atoms with Crippen LogP contribution < -0.4 is 10.6 Å². The molecule has 1 unspecified atom stereocenters. The van der Waals surface area contributed by atoms with E-state index >= 15 is 0 Å². The van der Waals surface area contributed by atoms with Crippen LogP contribution in [0.4, 0.5) is 11.5 Å². The van der Waals surface area contributed by atoms with Crippen LogP contribution in [-0.4, -0.2) is 29.0 Å². The van der Waals surface area contributed by atoms with Gasteiger partial charge in [0, 0.05) is 18.7 Å². The molecule has 0 aromatic carbocycles. The van der Waals surface area contributed by atoms with Crippen molar-refractivity contribution >= 4 is 11.5 Å². The summed E-state index contributed by atoms with van der Waals surface area (Å²) < 4.78 is 0. The van der Waals surface area contributed by atoms with Crippen LogP contribution in [0.25, 0.3) is 0 Å². The smallest absolute Gasteiger partial charge is 0.287 e. The average molecular weight is 236 g/mol. The Balaban J connectivity index is 1.76. The molecular formula is C11H16N4O2. The van der Waals surface area contributed by atoms with E-state index in [1.165, 1.54) is 25.1 Å². The fourth-order valence-corrected chi connectivity index (χ4v) is 1.98. The van der Waals surface area contributed by atoms with Gasteiger partial charge in [-0.3, -0.25) is 10.1 Å². The molecule has 1 aliphatic rings. The minimum atomic E-state index is -0.445. The Hall–Kier alpha value is -1.69. The molecule has 6 heteroatoms. The molecule has 2 N–H and O–H groups in total. The first-order valence-electron chi connectivity index (χ1n) is 5.83. The molecule has 0 saturated carbocycles. The lowest BCUT2D eigenvalue weighted by Crippen LogP contribution is -2.24. The van der Waals surface area contributed by atoms with E-state index in [0.29, 0.717) is 11.9 Å². The van der Waals surface area contributed by atoms with Crippen molar-refractivity contribution in [3.05, 3.63) is 28.4 Å². The quantitative estimate of drug-likeness (QED) is 0.598. The summed E-state index contributed by atoms with van der Waals surface area (Å²) in [6.45, 7) is 1.95. The molecule has 1 aliphatic heterocycles. The summed E-state index contributed by atoms with van der Waals surface area (Å²) in [5.41, 5.74) is 0.0213. The molecule has 1 fully saturated rings. The summed E-state index contributed by atoms with van der Waals surface area (Å²) in [5.74, 6) is 0.689. The second kappa shape index (κ2) is 5.58. The van der Waals surface area contributed by atoms with Crippen molar-refractivity contribution in [3.8, 4) is 0 Å². The third-order valence-electron chi connectivity index (χ3n) is 2.92. The van der Waals surface area contributed by atoms with Crippen molar-refractivity contribution in [3.63, 3.8) is 0 Å². The highest BCUT2D eigenvalue weighted by atomic mass is 16.6. The van der Waals surface area contributed by atoms with Gasteiger partial charge in [0.15, 0.2) is 0 Å². The predicted molar refractivity (Wildman–Crippen MR) is 65.0 cm³/mol. The highest BCUT2D eigenvalue weighted by Gasteiger charge is 2.13. The van der Waals surface area contributed by atoms with Crippen LogP contribution in [-0.2, 0) is 0 Å². The van der Waals surface area contributed by atoms with Crippen molar-refractivity contribution in [1.82, 2.24) is 10.3 Å². The van der Waals surface area contributed by atoms with Crippen LogP contribution >= 0.6 is 0 Å². The largest absolute Gasteiger partial charge is 0.370 e. The third-order valence-corrected chi connectivity index (χ3v) is 2.92. The first-order chi connectivity index (χ1) is 8.25. The first-order valence-corrected chi connectivity index (χ1v) is 5.83. The molecule has 17 heavy (non-hydrogen) atoms. The number of aromatic nitrogens is 1. The number of pyridine rings is 1. The lowest BCUT2D eigenvalue weighted by molar-refractivity contribution is -0.385. The first kappa shape index (κ1) is 11.8. The molecule has 92 valence electrons. The van der Waals surface area contributed by atoms with Gasteiger partial charge in [0.25, 0.3) is 5.69 Å². The second-order valence-electron chi connectivity index (χ2n) is 4.17. The Morgan fingerprint density at radius 3 is 3.06 bits per heavy atom. The Bertz CT molecular complexity index is 374. The van der Waals surface area contributed by atoms with Crippen molar-refractivity contribution in [2.45, 2.75) is 25.3 Å². The third kappa shape index (κ3) is 3.39. The zero-order chi connectivity index (χ0) is 12.1. The monoisotopic (exact) mass is 236 g/mol. The van der Waals surface area contributed by atoms with Crippen molar-refractivity contribution in [2.24, 2.45) is 0 Å². The van der Waals surface area contributed by atoms with Crippen LogP contribution in [0.5, 0.6) is 0 Å². The molecule has 1 saturated heterocycles. The Morgan fingerprint density at radius 2 is 2.47 bits per heavy atom. The molecule has 0 spiro atoms. The maximum absolute atomic E-state index is 10.4. The molecular weight excluding hydrogens is 220 g/mol. The predicted octanol–water partition coefficient (Wildman–Crippen LogP) is 1.54. The van der Waals surface area contributed by atoms with Gasteiger partial charge >= 0.3 is 0 Å². The standard InChI is InChI=1S/C11H16N4O2/c16-15(17)10-3-4-11(14-8-10)13-7-5-9-2-1-6-12-9/h3-4,8-9,12H,1-2,5-7H2,(H,13,14). The SMILES string of the molecule is O=[N+]([O-])c1ccc(NCCC2CCCN2)nc1. The summed E-state index contributed by atoms with van der Waals surface area (Å²) in [5, 5.41) is 17.0. The van der Waals surface area contributed by atoms with Gasteiger partial charge in [-0.25, -0.2) is 4.98 Å². The normalized spacial score (nSPS) is 19.2. The molecule has 1 aromatic heterocycles. The number of nitrogens with zero attached hydrogens (tertiary/aromatic N) is 2. The Kier molecular flexibility index (Phi) is 3.87. The van der Waals surface area contributed by atoms with Crippen LogP contribution in [0.2, 0.25) is 0 Å². The fourth-order valence-electron chi connectivity index (χ4n) is 1.98. The number of rotatable bonds is 5. The van der Waals surface area contributed by atoms with E-state index in [0.717, 1.165) is 19.5 Å². The van der Waals surface area contributed by atoms with E-state index in [2.05, 4.69) is 15.6 Å². The maximum atomic E-state index is 10.4. The number of nitrogens with one attached hydrogen (secondary N) is 2. The van der Waals surface area contributed by atoms with Crippen molar-refractivity contribution in [1.29, 1.82) is 0 Å². The highest BCUT2D eigenvalue weighted by Crippen LogP contribution is 2.13. The molecule has 0 aliphatic carbocycles. The fraction of sp³-hybridized carbons (Fsp3) is 0.545. The van der Waals surface area contributed by atoms with Crippen LogP contribution in [0.3, 0.4) is 0 Å². The van der Waals surface area contributed by atoms with Gasteiger partial charge in [-0.15, -0.1) is 0 Å². The maximum Gasteiger partial charge on any atom is 0.287 e. The van der Waals surface area contributed by atoms with E-state index in [1.54, 1.807) is 6.07 Å². The summed E-state index contributed by atoms with van der Waals surface area (Å²) in [7, 11) is 0. The van der Waals surface area contributed by atoms with Gasteiger partial charge in [-0.05, 0) is 31.9 Å². The van der Waals surface area contributed by atoms with E-state index in [4.69, 9.17) is 0 Å². The molecule has 0 bridgehead atoms. The van der Waals surface area contributed by atoms with E-state index in [9.17, 15) is 10.1 Å². The molecule has 0 radical (unpaired) electrons. The number of hydrogen-bond donors (Lipinski definition) is 2. The topological polar surface area (TPSA) is 80.1 Å². The lowest BCUT2D eigenvalue weighted by atomic mass is 10.1. The second-order valence-corrected chi connectivity index (χ2v) is 4.17. The molecule has 1 atom stereocenters. The minimum absolute atomic E-state index is 0.0213. The van der Waals surface area contributed by atoms with Gasteiger partial charge < -0.3 is 10.6 Å². The van der Waals surface area contributed by atoms with E-state index < -0.39 is 4.92 Å². The van der Waals surface area contributed by atoms with Crippen LogP contribution in [0, 0.1) is 10.1 Å². The Morgan fingerprint density at radius 1 is 1.59 bits per heavy atom. The summed E-state index contributed by atoms with van der Waals surface area (Å²) in [4.78, 5) is 14.0. The van der Waals surface area contributed by atoms with Crippen LogP contribution in [0.1, 0.15) is 19.3 Å². The molecule has 6 nitrogen and oxygen atoms in total. The summed E-state index contributed by atoms with van der Waals surface area (Å²) >= 11 is 0. The number of nitro groups is 1. The Labute approximate surface area is 99.6 Å². The van der Waals surface area contributed by atoms with Gasteiger partial charge in [-0.1, -0.05) is 0 Å². The molecule has 2 rings (SSSR count). The summed E-state index contributed by atoms with van der Waals surface area (Å²) in [6, 6.07) is 3.70. The van der Waals surface area contributed by atoms with Gasteiger partial charge in [0.2, 0.25) is 0 Å². The van der Waals surface area contributed by atoms with Gasteiger partial charge in [0.05, 0.1) is 4.92 Å². The lowest BCUT2D eigenvalue weighted by Gasteiger charge is -2.10. The minimum Gasteiger partial charge on any atom is -0.370 e. The highest BCUT2D eigenvalue weighted by molar-refractivity contribution is 5.39. The zero-order valence-corrected chi connectivity index (χ0v) is 9.56. The zero-order valence-electron chi connectivity index (χ0n) is 9.56.